The maximum atomic E-state index is 12.3. The van der Waals surface area contributed by atoms with E-state index in [9.17, 15) is 13.2 Å². The summed E-state index contributed by atoms with van der Waals surface area (Å²) in [6.07, 6.45) is 1.66. The van der Waals surface area contributed by atoms with E-state index in [4.69, 9.17) is 21.1 Å². The van der Waals surface area contributed by atoms with E-state index >= 15 is 0 Å². The quantitative estimate of drug-likeness (QED) is 0.660. The smallest absolute Gasteiger partial charge is 0.243 e. The molecule has 1 aromatic rings. The highest BCUT2D eigenvalue weighted by molar-refractivity contribution is 7.92. The molecule has 0 saturated carbocycles. The molecule has 0 saturated heterocycles. The molecule has 0 spiro atoms. The molecule has 0 fully saturated rings. The maximum absolute atomic E-state index is 12.3. The number of hydrogen-bond donors (Lipinski definition) is 1. The number of carbonyl (C=O) groups is 1. The number of carbonyl (C=O) groups excluding carboxylic acids is 1. The van der Waals surface area contributed by atoms with Crippen LogP contribution in [0.4, 0.5) is 5.69 Å². The molecule has 0 aliphatic carbocycles. The van der Waals surface area contributed by atoms with Crippen molar-refractivity contribution in [2.75, 3.05) is 37.9 Å². The Morgan fingerprint density at radius 2 is 2.04 bits per heavy atom. The highest BCUT2D eigenvalue weighted by Crippen LogP contribution is 2.34. The molecule has 0 bridgehead atoms. The van der Waals surface area contributed by atoms with E-state index in [1.807, 2.05) is 0 Å². The van der Waals surface area contributed by atoms with E-state index in [1.54, 1.807) is 19.2 Å². The predicted octanol–water partition coefficient (Wildman–Crippen LogP) is 1.66. The van der Waals surface area contributed by atoms with Crippen molar-refractivity contribution in [3.05, 3.63) is 23.2 Å². The average molecular weight is 379 g/mol. The van der Waals surface area contributed by atoms with Crippen LogP contribution in [0, 0.1) is 0 Å². The molecule has 24 heavy (non-hydrogen) atoms. The van der Waals surface area contributed by atoms with Gasteiger partial charge in [-0.25, -0.2) is 8.42 Å². The van der Waals surface area contributed by atoms with Crippen molar-refractivity contribution in [1.29, 1.82) is 0 Å². The fourth-order valence-electron chi connectivity index (χ4n) is 2.19. The van der Waals surface area contributed by atoms with E-state index in [1.165, 1.54) is 20.1 Å². The number of halogens is 1. The summed E-state index contributed by atoms with van der Waals surface area (Å²) >= 11 is 5.98. The van der Waals surface area contributed by atoms with Crippen LogP contribution in [0.3, 0.4) is 0 Å². The van der Waals surface area contributed by atoms with Crippen LogP contribution in [-0.2, 0) is 19.6 Å². The number of nitrogens with zero attached hydrogens (tertiary/aromatic N) is 1. The Balaban J connectivity index is 3.11. The number of benzene rings is 1. The van der Waals surface area contributed by atoms with Gasteiger partial charge in [-0.05, 0) is 31.5 Å². The molecular weight excluding hydrogens is 356 g/mol. The van der Waals surface area contributed by atoms with Crippen molar-refractivity contribution >= 4 is 33.2 Å². The fourth-order valence-corrected chi connectivity index (χ4v) is 3.53. The standard InChI is InChI=1S/C15H23ClN2O5S/c1-11(15(19)17-8-5-9-22-2)18(24(4,20)21)13-10-12(16)6-7-14(13)23-3/h6-7,10-11H,5,8-9H2,1-4H3,(H,17,19)/t11-/m1/s1. The second-order valence-corrected chi connectivity index (χ2v) is 7.48. The highest BCUT2D eigenvalue weighted by atomic mass is 35.5. The number of nitrogens with one attached hydrogen (secondary N) is 1. The molecule has 0 aliphatic heterocycles. The number of anilines is 1. The number of rotatable bonds is 9. The van der Waals surface area contributed by atoms with Crippen LogP contribution in [0.15, 0.2) is 18.2 Å². The Labute approximate surface area is 147 Å². The van der Waals surface area contributed by atoms with Crippen molar-refractivity contribution < 1.29 is 22.7 Å². The average Bonchev–Trinajstić information content (AvgIpc) is 2.50. The summed E-state index contributed by atoms with van der Waals surface area (Å²) in [7, 11) is -0.748. The number of sulfonamides is 1. The van der Waals surface area contributed by atoms with Crippen LogP contribution < -0.4 is 14.4 Å². The number of hydrogen-bond acceptors (Lipinski definition) is 5. The normalized spacial score (nSPS) is 12.5. The molecule has 1 N–H and O–H groups in total. The molecule has 9 heteroatoms. The third-order valence-corrected chi connectivity index (χ3v) is 4.75. The fraction of sp³-hybridized carbons (Fsp3) is 0.533. The molecule has 1 rings (SSSR count). The van der Waals surface area contributed by atoms with E-state index in [2.05, 4.69) is 5.32 Å². The molecule has 0 radical (unpaired) electrons. The van der Waals surface area contributed by atoms with E-state index in [-0.39, 0.29) is 5.69 Å². The van der Waals surface area contributed by atoms with Gasteiger partial charge in [-0.15, -0.1) is 0 Å². The van der Waals surface area contributed by atoms with Gasteiger partial charge in [-0.1, -0.05) is 11.6 Å². The van der Waals surface area contributed by atoms with Crippen LogP contribution in [0.5, 0.6) is 5.75 Å². The number of ether oxygens (including phenoxy) is 2. The largest absolute Gasteiger partial charge is 0.495 e. The molecule has 7 nitrogen and oxygen atoms in total. The third kappa shape index (κ3) is 5.54. The first-order valence-electron chi connectivity index (χ1n) is 7.32. The molecule has 0 aromatic heterocycles. The van der Waals surface area contributed by atoms with E-state index in [0.717, 1.165) is 10.6 Å². The first-order chi connectivity index (χ1) is 11.2. The van der Waals surface area contributed by atoms with Gasteiger partial charge in [-0.3, -0.25) is 9.10 Å². The van der Waals surface area contributed by atoms with Gasteiger partial charge in [0.2, 0.25) is 15.9 Å². The van der Waals surface area contributed by atoms with Gasteiger partial charge >= 0.3 is 0 Å². The molecule has 0 aliphatic rings. The molecule has 1 amide bonds. The van der Waals surface area contributed by atoms with Crippen molar-refractivity contribution in [1.82, 2.24) is 5.32 Å². The Morgan fingerprint density at radius 1 is 1.38 bits per heavy atom. The van der Waals surface area contributed by atoms with Gasteiger partial charge < -0.3 is 14.8 Å². The third-order valence-electron chi connectivity index (χ3n) is 3.29. The summed E-state index contributed by atoms with van der Waals surface area (Å²) in [4.78, 5) is 12.3. The Kier molecular flexibility index (Phi) is 7.78. The van der Waals surface area contributed by atoms with Crippen molar-refractivity contribution in [3.63, 3.8) is 0 Å². The lowest BCUT2D eigenvalue weighted by molar-refractivity contribution is -0.121. The first-order valence-corrected chi connectivity index (χ1v) is 9.54. The molecule has 136 valence electrons. The molecule has 1 atom stereocenters. The topological polar surface area (TPSA) is 84.9 Å². The highest BCUT2D eigenvalue weighted by Gasteiger charge is 2.31. The molecule has 1 aromatic carbocycles. The monoisotopic (exact) mass is 378 g/mol. The van der Waals surface area contributed by atoms with E-state index in [0.29, 0.717) is 30.3 Å². The van der Waals surface area contributed by atoms with Crippen molar-refractivity contribution in [2.24, 2.45) is 0 Å². The molecule has 0 unspecified atom stereocenters. The summed E-state index contributed by atoms with van der Waals surface area (Å²) in [6.45, 7) is 2.40. The lowest BCUT2D eigenvalue weighted by Crippen LogP contribution is -2.48. The van der Waals surface area contributed by atoms with Crippen LogP contribution in [0.25, 0.3) is 0 Å². The second-order valence-electron chi connectivity index (χ2n) is 5.19. The Bertz CT molecular complexity index is 666. The predicted molar refractivity (Wildman–Crippen MR) is 94.3 cm³/mol. The van der Waals surface area contributed by atoms with Crippen LogP contribution in [-0.4, -0.2) is 54.0 Å². The van der Waals surface area contributed by atoms with Crippen molar-refractivity contribution in [2.45, 2.75) is 19.4 Å². The molecule has 0 heterocycles. The first kappa shape index (κ1) is 20.5. The second kappa shape index (κ2) is 9.10. The summed E-state index contributed by atoms with van der Waals surface area (Å²) < 4.78 is 35.6. The zero-order valence-corrected chi connectivity index (χ0v) is 15.8. The van der Waals surface area contributed by atoms with E-state index < -0.39 is 22.0 Å². The molecular formula is C15H23ClN2O5S. The SMILES string of the molecule is COCCCNC(=O)[C@@H](C)N(c1cc(Cl)ccc1OC)S(C)(=O)=O. The lowest BCUT2D eigenvalue weighted by atomic mass is 10.2. The summed E-state index contributed by atoms with van der Waals surface area (Å²) in [6, 6.07) is 3.63. The van der Waals surface area contributed by atoms with Crippen LogP contribution >= 0.6 is 11.6 Å². The summed E-state index contributed by atoms with van der Waals surface area (Å²) in [5.74, 6) is -0.109. The van der Waals surface area contributed by atoms with Gasteiger partial charge in [0.25, 0.3) is 0 Å². The van der Waals surface area contributed by atoms with Crippen molar-refractivity contribution in [3.8, 4) is 5.75 Å². The Morgan fingerprint density at radius 3 is 2.58 bits per heavy atom. The zero-order chi connectivity index (χ0) is 18.3. The van der Waals surface area contributed by atoms with Crippen LogP contribution in [0.1, 0.15) is 13.3 Å². The zero-order valence-electron chi connectivity index (χ0n) is 14.2. The van der Waals surface area contributed by atoms with Gasteiger partial charge in [0.15, 0.2) is 0 Å². The summed E-state index contributed by atoms with van der Waals surface area (Å²) in [5.41, 5.74) is 0.215. The van der Waals surface area contributed by atoms with Gasteiger partial charge in [0.05, 0.1) is 19.1 Å². The minimum atomic E-state index is -3.74. The lowest BCUT2D eigenvalue weighted by Gasteiger charge is -2.29. The van der Waals surface area contributed by atoms with Gasteiger partial charge in [-0.2, -0.15) is 0 Å². The van der Waals surface area contributed by atoms with Gasteiger partial charge in [0.1, 0.15) is 11.8 Å². The minimum absolute atomic E-state index is 0.215. The Hall–Kier alpha value is -1.51. The summed E-state index contributed by atoms with van der Waals surface area (Å²) in [5, 5.41) is 3.03. The minimum Gasteiger partial charge on any atom is -0.495 e. The number of methoxy groups -OCH3 is 2. The van der Waals surface area contributed by atoms with Gasteiger partial charge in [0, 0.05) is 25.3 Å². The maximum Gasteiger partial charge on any atom is 0.243 e. The van der Waals surface area contributed by atoms with Crippen LogP contribution in [0.2, 0.25) is 5.02 Å². The number of amides is 1.